The number of rotatable bonds is 3. The number of nitrogens with zero attached hydrogens (tertiary/aromatic N) is 1. The second-order valence-electron chi connectivity index (χ2n) is 4.46. The molecule has 0 aliphatic carbocycles. The van der Waals surface area contributed by atoms with E-state index in [0.717, 1.165) is 13.1 Å². The zero-order valence-electron chi connectivity index (χ0n) is 10.6. The summed E-state index contributed by atoms with van der Waals surface area (Å²) in [5.41, 5.74) is 0.368. The third kappa shape index (κ3) is 3.41. The summed E-state index contributed by atoms with van der Waals surface area (Å²) < 4.78 is 28.6. The Labute approximate surface area is 110 Å². The summed E-state index contributed by atoms with van der Waals surface area (Å²) >= 11 is 0. The molecule has 0 saturated carbocycles. The van der Waals surface area contributed by atoms with Crippen molar-refractivity contribution in [3.63, 3.8) is 0 Å². The van der Waals surface area contributed by atoms with Crippen molar-refractivity contribution in [1.82, 2.24) is 10.2 Å². The van der Waals surface area contributed by atoms with Gasteiger partial charge in [-0.25, -0.2) is 0 Å². The van der Waals surface area contributed by atoms with Crippen LogP contribution in [-0.4, -0.2) is 43.1 Å². The summed E-state index contributed by atoms with van der Waals surface area (Å²) in [4.78, 5) is 14.0. The van der Waals surface area contributed by atoms with Crippen LogP contribution in [0.2, 0.25) is 0 Å². The van der Waals surface area contributed by atoms with Crippen LogP contribution in [0.15, 0.2) is 24.3 Å². The first-order valence-electron chi connectivity index (χ1n) is 6.14. The maximum Gasteiger partial charge on any atom is 0.387 e. The number of halogens is 2. The van der Waals surface area contributed by atoms with Gasteiger partial charge >= 0.3 is 6.61 Å². The second kappa shape index (κ2) is 5.97. The van der Waals surface area contributed by atoms with Gasteiger partial charge in [0.2, 0.25) is 0 Å². The predicted octanol–water partition coefficient (Wildman–Crippen LogP) is 1.72. The van der Waals surface area contributed by atoms with Crippen molar-refractivity contribution in [2.75, 3.05) is 19.6 Å². The molecule has 2 rings (SSSR count). The molecule has 0 aromatic heterocycles. The van der Waals surface area contributed by atoms with E-state index in [1.165, 1.54) is 18.2 Å². The van der Waals surface area contributed by atoms with Crippen molar-refractivity contribution in [1.29, 1.82) is 0 Å². The Morgan fingerprint density at radius 2 is 2.32 bits per heavy atom. The summed E-state index contributed by atoms with van der Waals surface area (Å²) in [5, 5.41) is 3.19. The number of alkyl halides is 2. The fraction of sp³-hybridized carbons (Fsp3) is 0.462. The molecule has 6 heteroatoms. The van der Waals surface area contributed by atoms with E-state index >= 15 is 0 Å². The lowest BCUT2D eigenvalue weighted by atomic mass is 10.1. The van der Waals surface area contributed by atoms with Crippen molar-refractivity contribution in [2.45, 2.75) is 19.6 Å². The van der Waals surface area contributed by atoms with Crippen molar-refractivity contribution in [2.24, 2.45) is 0 Å². The molecule has 104 valence electrons. The minimum absolute atomic E-state index is 0.00337. The number of carbonyl (C=O) groups is 1. The zero-order chi connectivity index (χ0) is 13.8. The maximum atomic E-state index is 12.3. The van der Waals surface area contributed by atoms with Crippen molar-refractivity contribution in [3.8, 4) is 5.75 Å². The van der Waals surface area contributed by atoms with Crippen LogP contribution >= 0.6 is 0 Å². The SMILES string of the molecule is CC1CNCCN1C(=O)c1cccc(OC(F)F)c1. The van der Waals surface area contributed by atoms with Crippen LogP contribution in [0.3, 0.4) is 0 Å². The first kappa shape index (κ1) is 13.7. The molecular weight excluding hydrogens is 254 g/mol. The Balaban J connectivity index is 2.14. The summed E-state index contributed by atoms with van der Waals surface area (Å²) in [6, 6.07) is 5.99. The van der Waals surface area contributed by atoms with E-state index in [9.17, 15) is 13.6 Å². The van der Waals surface area contributed by atoms with Crippen LogP contribution < -0.4 is 10.1 Å². The van der Waals surface area contributed by atoms with E-state index in [-0.39, 0.29) is 17.7 Å². The van der Waals surface area contributed by atoms with Crippen molar-refractivity contribution >= 4 is 5.91 Å². The molecule has 1 amide bonds. The number of carbonyl (C=O) groups excluding carboxylic acids is 1. The van der Waals surface area contributed by atoms with Gasteiger partial charge in [-0.2, -0.15) is 8.78 Å². The summed E-state index contributed by atoms with van der Waals surface area (Å²) in [7, 11) is 0. The first-order valence-corrected chi connectivity index (χ1v) is 6.14. The van der Waals surface area contributed by atoms with Crippen LogP contribution in [0, 0.1) is 0 Å². The molecule has 1 aromatic carbocycles. The quantitative estimate of drug-likeness (QED) is 0.909. The van der Waals surface area contributed by atoms with Crippen LogP contribution in [0.1, 0.15) is 17.3 Å². The number of hydrogen-bond donors (Lipinski definition) is 1. The highest BCUT2D eigenvalue weighted by Gasteiger charge is 2.24. The lowest BCUT2D eigenvalue weighted by Gasteiger charge is -2.34. The van der Waals surface area contributed by atoms with E-state index in [4.69, 9.17) is 0 Å². The molecule has 1 aliphatic heterocycles. The van der Waals surface area contributed by atoms with E-state index < -0.39 is 6.61 Å². The van der Waals surface area contributed by atoms with Gasteiger partial charge in [-0.3, -0.25) is 4.79 Å². The Bertz CT molecular complexity index is 454. The molecule has 1 heterocycles. The fourth-order valence-electron chi connectivity index (χ4n) is 2.11. The number of ether oxygens (including phenoxy) is 1. The Kier molecular flexibility index (Phi) is 4.31. The molecule has 1 aromatic rings. The average Bonchev–Trinajstić information content (AvgIpc) is 2.38. The van der Waals surface area contributed by atoms with Gasteiger partial charge in [0.15, 0.2) is 0 Å². The Morgan fingerprint density at radius 1 is 1.53 bits per heavy atom. The second-order valence-corrected chi connectivity index (χ2v) is 4.46. The lowest BCUT2D eigenvalue weighted by molar-refractivity contribution is -0.0499. The number of nitrogens with one attached hydrogen (secondary N) is 1. The van der Waals surface area contributed by atoms with E-state index in [0.29, 0.717) is 12.1 Å². The molecule has 1 aliphatic rings. The van der Waals surface area contributed by atoms with Crippen LogP contribution in [0.4, 0.5) is 8.78 Å². The minimum atomic E-state index is -2.89. The van der Waals surface area contributed by atoms with Gasteiger partial charge in [0.1, 0.15) is 5.75 Å². The van der Waals surface area contributed by atoms with Gasteiger partial charge in [-0.15, -0.1) is 0 Å². The highest BCUT2D eigenvalue weighted by Crippen LogP contribution is 2.18. The van der Waals surface area contributed by atoms with Gasteiger partial charge in [0.05, 0.1) is 0 Å². The Hall–Kier alpha value is -1.69. The molecule has 0 radical (unpaired) electrons. The van der Waals surface area contributed by atoms with E-state index in [1.54, 1.807) is 11.0 Å². The van der Waals surface area contributed by atoms with Crippen LogP contribution in [0.25, 0.3) is 0 Å². The summed E-state index contributed by atoms with van der Waals surface area (Å²) in [5.74, 6) is -0.155. The normalized spacial score (nSPS) is 19.6. The standard InChI is InChI=1S/C13H16F2N2O2/c1-9-8-16-5-6-17(9)12(18)10-3-2-4-11(7-10)19-13(14)15/h2-4,7,9,13,16H,5-6,8H2,1H3. The number of piperazine rings is 1. The summed E-state index contributed by atoms with van der Waals surface area (Å²) in [6.07, 6.45) is 0. The molecule has 1 unspecified atom stereocenters. The lowest BCUT2D eigenvalue weighted by Crippen LogP contribution is -2.52. The van der Waals surface area contributed by atoms with Crippen LogP contribution in [0.5, 0.6) is 5.75 Å². The number of benzene rings is 1. The smallest absolute Gasteiger partial charge is 0.387 e. The van der Waals surface area contributed by atoms with Gasteiger partial charge in [0.25, 0.3) is 5.91 Å². The zero-order valence-corrected chi connectivity index (χ0v) is 10.6. The van der Waals surface area contributed by atoms with Gasteiger partial charge in [-0.05, 0) is 25.1 Å². The fourth-order valence-corrected chi connectivity index (χ4v) is 2.11. The molecule has 0 bridgehead atoms. The van der Waals surface area contributed by atoms with Crippen molar-refractivity contribution < 1.29 is 18.3 Å². The van der Waals surface area contributed by atoms with Gasteiger partial charge in [0, 0.05) is 31.2 Å². The van der Waals surface area contributed by atoms with Gasteiger partial charge < -0.3 is 15.0 Å². The van der Waals surface area contributed by atoms with E-state index in [1.807, 2.05) is 6.92 Å². The van der Waals surface area contributed by atoms with Gasteiger partial charge in [-0.1, -0.05) is 6.07 Å². The van der Waals surface area contributed by atoms with Crippen LogP contribution in [-0.2, 0) is 0 Å². The first-order chi connectivity index (χ1) is 9.08. The molecule has 1 N–H and O–H groups in total. The third-order valence-electron chi connectivity index (χ3n) is 3.07. The minimum Gasteiger partial charge on any atom is -0.435 e. The molecule has 1 fully saturated rings. The topological polar surface area (TPSA) is 41.6 Å². The molecule has 0 spiro atoms. The average molecular weight is 270 g/mol. The highest BCUT2D eigenvalue weighted by molar-refractivity contribution is 5.94. The molecule has 19 heavy (non-hydrogen) atoms. The number of amides is 1. The largest absolute Gasteiger partial charge is 0.435 e. The predicted molar refractivity (Wildman–Crippen MR) is 66.4 cm³/mol. The maximum absolute atomic E-state index is 12.3. The molecule has 4 nitrogen and oxygen atoms in total. The third-order valence-corrected chi connectivity index (χ3v) is 3.07. The highest BCUT2D eigenvalue weighted by atomic mass is 19.3. The molecule has 1 atom stereocenters. The van der Waals surface area contributed by atoms with Crippen molar-refractivity contribution in [3.05, 3.63) is 29.8 Å². The number of hydrogen-bond acceptors (Lipinski definition) is 3. The monoisotopic (exact) mass is 270 g/mol. The molecular formula is C13H16F2N2O2. The van der Waals surface area contributed by atoms with E-state index in [2.05, 4.69) is 10.1 Å². The summed E-state index contributed by atoms with van der Waals surface area (Å²) in [6.45, 7) is 1.15. The molecule has 1 saturated heterocycles. The Morgan fingerprint density at radius 3 is 3.00 bits per heavy atom.